The number of halogens is 1. The highest BCUT2D eigenvalue weighted by atomic mass is 79.9. The summed E-state index contributed by atoms with van der Waals surface area (Å²) in [6.45, 7) is 2.53. The third-order valence-corrected chi connectivity index (χ3v) is 5.81. The highest BCUT2D eigenvalue weighted by Gasteiger charge is 2.21. The molecule has 0 aliphatic rings. The van der Waals surface area contributed by atoms with Crippen molar-refractivity contribution in [2.75, 3.05) is 13.7 Å². The van der Waals surface area contributed by atoms with E-state index in [-0.39, 0.29) is 16.4 Å². The molecule has 0 radical (unpaired) electrons. The van der Waals surface area contributed by atoms with E-state index in [4.69, 9.17) is 13.7 Å². The summed E-state index contributed by atoms with van der Waals surface area (Å²) in [5.74, 6) is 1.11. The Hall–Kier alpha value is -2.84. The molecule has 156 valence electrons. The lowest BCUT2D eigenvalue weighted by atomic mass is 10.2. The minimum absolute atomic E-state index is 0.0556. The molecule has 8 heteroatoms. The second-order valence-electron chi connectivity index (χ2n) is 6.07. The van der Waals surface area contributed by atoms with Crippen LogP contribution < -0.4 is 13.7 Å². The molecule has 0 atom stereocenters. The zero-order chi connectivity index (χ0) is 21.6. The van der Waals surface area contributed by atoms with E-state index in [9.17, 15) is 8.42 Å². The van der Waals surface area contributed by atoms with Crippen LogP contribution in [0.4, 0.5) is 5.69 Å². The number of hydrogen-bond acceptors (Lipinski definition) is 6. The van der Waals surface area contributed by atoms with Crippen molar-refractivity contribution in [3.63, 3.8) is 0 Å². The molecule has 0 fully saturated rings. The van der Waals surface area contributed by atoms with Crippen LogP contribution in [0.1, 0.15) is 12.5 Å². The number of methoxy groups -OCH3 is 1. The Bertz CT molecular complexity index is 1130. The molecule has 0 heterocycles. The average Bonchev–Trinajstić information content (AvgIpc) is 2.75. The topological polar surface area (TPSA) is 74.2 Å². The molecule has 0 unspecified atom stereocenters. The smallest absolute Gasteiger partial charge is 0.339 e. The summed E-state index contributed by atoms with van der Waals surface area (Å²) in [5.41, 5.74) is 1.46. The first-order valence-corrected chi connectivity index (χ1v) is 11.3. The van der Waals surface area contributed by atoms with Crippen LogP contribution in [0.2, 0.25) is 0 Å². The molecule has 3 rings (SSSR count). The number of ether oxygens (including phenoxy) is 2. The van der Waals surface area contributed by atoms with Gasteiger partial charge in [-0.3, -0.25) is 4.99 Å². The summed E-state index contributed by atoms with van der Waals surface area (Å²) in [5, 5.41) is 0. The van der Waals surface area contributed by atoms with Crippen LogP contribution in [0.3, 0.4) is 0 Å². The molecule has 0 saturated carbocycles. The first kappa shape index (κ1) is 21.9. The number of rotatable bonds is 8. The maximum Gasteiger partial charge on any atom is 0.339 e. The molecular formula is C22H20BrNO5S. The van der Waals surface area contributed by atoms with Gasteiger partial charge in [-0.25, -0.2) is 0 Å². The van der Waals surface area contributed by atoms with E-state index in [0.29, 0.717) is 16.6 Å². The summed E-state index contributed by atoms with van der Waals surface area (Å²) < 4.78 is 41.6. The van der Waals surface area contributed by atoms with Crippen molar-refractivity contribution in [2.24, 2.45) is 4.99 Å². The van der Waals surface area contributed by atoms with Gasteiger partial charge in [0.25, 0.3) is 0 Å². The van der Waals surface area contributed by atoms with Gasteiger partial charge in [-0.2, -0.15) is 8.42 Å². The van der Waals surface area contributed by atoms with Crippen LogP contribution >= 0.6 is 15.9 Å². The van der Waals surface area contributed by atoms with E-state index in [1.54, 1.807) is 36.5 Å². The molecular weight excluding hydrogens is 470 g/mol. The lowest BCUT2D eigenvalue weighted by Crippen LogP contribution is -2.11. The van der Waals surface area contributed by atoms with E-state index in [1.807, 2.05) is 31.2 Å². The number of aliphatic imine (C=N–C) groups is 1. The summed E-state index contributed by atoms with van der Waals surface area (Å²) in [6.07, 6.45) is 1.65. The molecule has 0 aliphatic carbocycles. The maximum absolute atomic E-state index is 12.6. The summed E-state index contributed by atoms with van der Waals surface area (Å²) in [4.78, 5) is 4.49. The Morgan fingerprint density at radius 2 is 1.73 bits per heavy atom. The van der Waals surface area contributed by atoms with Crippen molar-refractivity contribution >= 4 is 38.0 Å². The molecule has 0 amide bonds. The normalized spacial score (nSPS) is 11.4. The van der Waals surface area contributed by atoms with Gasteiger partial charge in [0.15, 0.2) is 11.5 Å². The van der Waals surface area contributed by atoms with Crippen LogP contribution in [0, 0.1) is 0 Å². The highest BCUT2D eigenvalue weighted by molar-refractivity contribution is 9.10. The Kier molecular flexibility index (Phi) is 7.12. The van der Waals surface area contributed by atoms with Gasteiger partial charge in [-0.1, -0.05) is 18.2 Å². The van der Waals surface area contributed by atoms with Gasteiger partial charge in [-0.15, -0.1) is 0 Å². The third-order valence-electron chi connectivity index (χ3n) is 3.99. The van der Waals surface area contributed by atoms with Gasteiger partial charge in [0, 0.05) is 6.21 Å². The van der Waals surface area contributed by atoms with Gasteiger partial charge in [0.2, 0.25) is 0 Å². The van der Waals surface area contributed by atoms with Crippen molar-refractivity contribution < 1.29 is 22.1 Å². The van der Waals surface area contributed by atoms with E-state index in [0.717, 1.165) is 11.4 Å². The third kappa shape index (κ3) is 5.40. The van der Waals surface area contributed by atoms with E-state index in [1.165, 1.54) is 19.2 Å². The van der Waals surface area contributed by atoms with Crippen molar-refractivity contribution in [3.8, 4) is 17.2 Å². The summed E-state index contributed by atoms with van der Waals surface area (Å²) in [6, 6.07) is 18.7. The highest BCUT2D eigenvalue weighted by Crippen LogP contribution is 2.38. The fourth-order valence-electron chi connectivity index (χ4n) is 2.58. The van der Waals surface area contributed by atoms with Crippen molar-refractivity contribution in [1.29, 1.82) is 0 Å². The number of hydrogen-bond donors (Lipinski definition) is 0. The molecule has 0 bridgehead atoms. The molecule has 0 spiro atoms. The summed E-state index contributed by atoms with van der Waals surface area (Å²) >= 11 is 3.37. The molecule has 0 aromatic heterocycles. The monoisotopic (exact) mass is 489 g/mol. The second-order valence-corrected chi connectivity index (χ2v) is 8.47. The van der Waals surface area contributed by atoms with E-state index in [2.05, 4.69) is 20.9 Å². The van der Waals surface area contributed by atoms with Crippen LogP contribution in [-0.4, -0.2) is 28.3 Å². The van der Waals surface area contributed by atoms with Gasteiger partial charge >= 0.3 is 10.1 Å². The fraction of sp³-hybridized carbons (Fsp3) is 0.136. The summed E-state index contributed by atoms with van der Waals surface area (Å²) in [7, 11) is -2.56. The van der Waals surface area contributed by atoms with Crippen molar-refractivity contribution in [1.82, 2.24) is 0 Å². The Morgan fingerprint density at radius 1 is 1.03 bits per heavy atom. The zero-order valence-electron chi connectivity index (χ0n) is 16.4. The van der Waals surface area contributed by atoms with Gasteiger partial charge < -0.3 is 13.7 Å². The van der Waals surface area contributed by atoms with Crippen LogP contribution in [0.25, 0.3) is 0 Å². The predicted octanol–water partition coefficient (Wildman–Crippen LogP) is 5.37. The predicted molar refractivity (Wildman–Crippen MR) is 120 cm³/mol. The van der Waals surface area contributed by atoms with E-state index >= 15 is 0 Å². The van der Waals surface area contributed by atoms with E-state index < -0.39 is 10.1 Å². The first-order chi connectivity index (χ1) is 14.4. The SMILES string of the molecule is CCOc1ccc(N=Cc2cc(Br)c(OS(=O)(=O)c3ccccc3)c(OC)c2)cc1. The number of nitrogens with zero attached hydrogens (tertiary/aromatic N) is 1. The first-order valence-electron chi connectivity index (χ1n) is 9.07. The average molecular weight is 490 g/mol. The molecule has 30 heavy (non-hydrogen) atoms. The standard InChI is InChI=1S/C22H20BrNO5S/c1-3-28-18-11-9-17(10-12-18)24-15-16-13-20(23)22(21(14-16)27-2)29-30(25,26)19-7-5-4-6-8-19/h4-15H,3H2,1-2H3. The lowest BCUT2D eigenvalue weighted by Gasteiger charge is -2.13. The Labute approximate surface area is 184 Å². The Morgan fingerprint density at radius 3 is 2.37 bits per heavy atom. The fourth-order valence-corrected chi connectivity index (χ4v) is 4.21. The van der Waals surface area contributed by atoms with Crippen molar-refractivity contribution in [3.05, 3.63) is 76.8 Å². The maximum atomic E-state index is 12.6. The van der Waals surface area contributed by atoms with Crippen molar-refractivity contribution in [2.45, 2.75) is 11.8 Å². The van der Waals surface area contributed by atoms with Gasteiger partial charge in [-0.05, 0) is 76.9 Å². The molecule has 3 aromatic carbocycles. The quantitative estimate of drug-likeness (QED) is 0.313. The molecule has 0 saturated heterocycles. The molecule has 3 aromatic rings. The Balaban J connectivity index is 1.85. The van der Waals surface area contributed by atoms with Crippen LogP contribution in [0.15, 0.2) is 81.1 Å². The van der Waals surface area contributed by atoms with Crippen LogP contribution in [-0.2, 0) is 10.1 Å². The van der Waals surface area contributed by atoms with Gasteiger partial charge in [0.05, 0.1) is 23.9 Å². The largest absolute Gasteiger partial charge is 0.494 e. The minimum atomic E-state index is -4.00. The molecule has 6 nitrogen and oxygen atoms in total. The zero-order valence-corrected chi connectivity index (χ0v) is 18.8. The minimum Gasteiger partial charge on any atom is -0.494 e. The molecule has 0 N–H and O–H groups in total. The van der Waals surface area contributed by atoms with Crippen LogP contribution in [0.5, 0.6) is 17.2 Å². The molecule has 0 aliphatic heterocycles. The van der Waals surface area contributed by atoms with Gasteiger partial charge in [0.1, 0.15) is 10.6 Å². The second kappa shape index (κ2) is 9.77. The lowest BCUT2D eigenvalue weighted by molar-refractivity contribution is 0.340. The number of benzene rings is 3.